The van der Waals surface area contributed by atoms with E-state index < -0.39 is 6.61 Å². The fourth-order valence-corrected chi connectivity index (χ4v) is 1.72. The molecular formula is C15H18F2N2O3. The third kappa shape index (κ3) is 4.09. The Bertz CT molecular complexity index is 615. The zero-order chi connectivity index (χ0) is 16.1. The molecule has 2 rings (SSSR count). The van der Waals surface area contributed by atoms with Crippen LogP contribution in [-0.4, -0.2) is 25.3 Å². The lowest BCUT2D eigenvalue weighted by Gasteiger charge is -2.14. The molecule has 0 atom stereocenters. The number of halogens is 2. The van der Waals surface area contributed by atoms with Gasteiger partial charge in [-0.25, -0.2) is 0 Å². The Morgan fingerprint density at radius 3 is 2.64 bits per heavy atom. The van der Waals surface area contributed by atoms with Crippen LogP contribution in [-0.2, 0) is 0 Å². The summed E-state index contributed by atoms with van der Waals surface area (Å²) in [7, 11) is 1.72. The number of hydrogen-bond donors (Lipinski definition) is 1. The molecule has 2 aromatic rings. The minimum atomic E-state index is -2.91. The quantitative estimate of drug-likeness (QED) is 0.837. The SMILES string of the molecule is CNc1coc(-c2ccc(OC(F)F)c(OCC(C)C)c2)n1. The molecule has 0 unspecified atom stereocenters. The molecule has 0 spiro atoms. The van der Waals surface area contributed by atoms with Gasteiger partial charge in [0.15, 0.2) is 17.3 Å². The highest BCUT2D eigenvalue weighted by molar-refractivity contribution is 5.61. The van der Waals surface area contributed by atoms with Crippen molar-refractivity contribution in [3.8, 4) is 23.0 Å². The average Bonchev–Trinajstić information content (AvgIpc) is 2.94. The van der Waals surface area contributed by atoms with Crippen LogP contribution in [0.1, 0.15) is 13.8 Å². The van der Waals surface area contributed by atoms with Crippen molar-refractivity contribution in [2.45, 2.75) is 20.5 Å². The maximum absolute atomic E-state index is 12.5. The Balaban J connectivity index is 2.30. The first kappa shape index (κ1) is 16.1. The second kappa shape index (κ2) is 7.11. The Morgan fingerprint density at radius 2 is 2.05 bits per heavy atom. The standard InChI is InChI=1S/C15H18F2N2O3/c1-9(2)7-20-12-6-10(4-5-11(12)22-15(16)17)14-19-13(18-3)8-21-14/h4-6,8-9,15,18H,7H2,1-3H3. The van der Waals surface area contributed by atoms with Gasteiger partial charge >= 0.3 is 6.61 Å². The van der Waals surface area contributed by atoms with Crippen LogP contribution in [0.4, 0.5) is 14.6 Å². The summed E-state index contributed by atoms with van der Waals surface area (Å²) in [5.41, 5.74) is 0.613. The number of nitrogens with one attached hydrogen (secondary N) is 1. The highest BCUT2D eigenvalue weighted by Gasteiger charge is 2.15. The van der Waals surface area contributed by atoms with Crippen LogP contribution in [0.15, 0.2) is 28.9 Å². The summed E-state index contributed by atoms with van der Waals surface area (Å²) in [6, 6.07) is 4.58. The zero-order valence-electron chi connectivity index (χ0n) is 12.6. The largest absolute Gasteiger partial charge is 0.489 e. The number of anilines is 1. The number of alkyl halides is 2. The van der Waals surface area contributed by atoms with E-state index in [0.717, 1.165) is 0 Å². The van der Waals surface area contributed by atoms with Gasteiger partial charge in [-0.2, -0.15) is 13.8 Å². The molecule has 0 amide bonds. The van der Waals surface area contributed by atoms with Crippen LogP contribution >= 0.6 is 0 Å². The Morgan fingerprint density at radius 1 is 1.27 bits per heavy atom. The summed E-state index contributed by atoms with van der Waals surface area (Å²) in [5, 5.41) is 2.85. The highest BCUT2D eigenvalue weighted by Crippen LogP contribution is 2.34. The number of hydrogen-bond acceptors (Lipinski definition) is 5. The van der Waals surface area contributed by atoms with E-state index in [1.807, 2.05) is 13.8 Å². The third-order valence-electron chi connectivity index (χ3n) is 2.74. The van der Waals surface area contributed by atoms with Gasteiger partial charge in [0.2, 0.25) is 5.89 Å². The van der Waals surface area contributed by atoms with Gasteiger partial charge in [0, 0.05) is 12.6 Å². The van der Waals surface area contributed by atoms with Crippen molar-refractivity contribution in [1.29, 1.82) is 0 Å². The number of nitrogens with zero attached hydrogens (tertiary/aromatic N) is 1. The zero-order valence-corrected chi connectivity index (χ0v) is 12.6. The van der Waals surface area contributed by atoms with E-state index >= 15 is 0 Å². The summed E-state index contributed by atoms with van der Waals surface area (Å²) in [6.07, 6.45) is 1.47. The number of benzene rings is 1. The molecule has 0 aliphatic rings. The number of oxazole rings is 1. The maximum Gasteiger partial charge on any atom is 0.387 e. The van der Waals surface area contributed by atoms with Crippen LogP contribution < -0.4 is 14.8 Å². The molecule has 0 saturated carbocycles. The molecular weight excluding hydrogens is 294 g/mol. The van der Waals surface area contributed by atoms with Gasteiger partial charge in [0.25, 0.3) is 0 Å². The van der Waals surface area contributed by atoms with Crippen LogP contribution in [0.3, 0.4) is 0 Å². The van der Waals surface area contributed by atoms with Gasteiger partial charge in [-0.05, 0) is 24.1 Å². The monoisotopic (exact) mass is 312 g/mol. The van der Waals surface area contributed by atoms with Gasteiger partial charge in [-0.3, -0.25) is 0 Å². The minimum absolute atomic E-state index is 0.0141. The van der Waals surface area contributed by atoms with Crippen molar-refractivity contribution in [3.63, 3.8) is 0 Å². The molecule has 120 valence electrons. The van der Waals surface area contributed by atoms with E-state index in [1.54, 1.807) is 19.2 Å². The highest BCUT2D eigenvalue weighted by atomic mass is 19.3. The number of rotatable bonds is 7. The summed E-state index contributed by atoms with van der Waals surface area (Å²) in [5.74, 6) is 1.41. The van der Waals surface area contributed by atoms with Crippen molar-refractivity contribution in [2.75, 3.05) is 19.0 Å². The van der Waals surface area contributed by atoms with Gasteiger partial charge in [0.1, 0.15) is 6.26 Å². The molecule has 7 heteroatoms. The molecule has 1 N–H and O–H groups in total. The lowest BCUT2D eigenvalue weighted by atomic mass is 10.2. The van der Waals surface area contributed by atoms with E-state index in [2.05, 4.69) is 15.0 Å². The third-order valence-corrected chi connectivity index (χ3v) is 2.74. The summed E-state index contributed by atoms with van der Waals surface area (Å²) in [4.78, 5) is 4.20. The Labute approximate surface area is 127 Å². The minimum Gasteiger partial charge on any atom is -0.489 e. The molecule has 0 bridgehead atoms. The molecule has 0 fully saturated rings. The maximum atomic E-state index is 12.5. The van der Waals surface area contributed by atoms with Crippen LogP contribution in [0.25, 0.3) is 11.5 Å². The smallest absolute Gasteiger partial charge is 0.387 e. The van der Waals surface area contributed by atoms with Crippen LogP contribution in [0, 0.1) is 5.92 Å². The van der Waals surface area contributed by atoms with E-state index in [1.165, 1.54) is 12.3 Å². The molecule has 0 aliphatic carbocycles. The summed E-state index contributed by atoms with van der Waals surface area (Å²) >= 11 is 0. The predicted octanol–water partition coefficient (Wildman–Crippen LogP) is 4.02. The average molecular weight is 312 g/mol. The lowest BCUT2D eigenvalue weighted by Crippen LogP contribution is -2.08. The molecule has 1 aromatic carbocycles. The van der Waals surface area contributed by atoms with Crippen molar-refractivity contribution in [1.82, 2.24) is 4.98 Å². The summed E-state index contributed by atoms with van der Waals surface area (Å²) in [6.45, 7) is 1.40. The van der Waals surface area contributed by atoms with Crippen LogP contribution in [0.5, 0.6) is 11.5 Å². The van der Waals surface area contributed by atoms with E-state index in [4.69, 9.17) is 9.15 Å². The van der Waals surface area contributed by atoms with Crippen molar-refractivity contribution < 1.29 is 22.7 Å². The molecule has 0 radical (unpaired) electrons. The van der Waals surface area contributed by atoms with Gasteiger partial charge in [0.05, 0.1) is 6.61 Å². The van der Waals surface area contributed by atoms with Gasteiger partial charge in [-0.1, -0.05) is 13.8 Å². The second-order valence-corrected chi connectivity index (χ2v) is 5.03. The second-order valence-electron chi connectivity index (χ2n) is 5.03. The number of aromatic nitrogens is 1. The molecule has 1 aromatic heterocycles. The molecule has 5 nitrogen and oxygen atoms in total. The van der Waals surface area contributed by atoms with Crippen LogP contribution in [0.2, 0.25) is 0 Å². The topological polar surface area (TPSA) is 56.5 Å². The van der Waals surface area contributed by atoms with Crippen molar-refractivity contribution in [3.05, 3.63) is 24.5 Å². The fourth-order valence-electron chi connectivity index (χ4n) is 1.72. The van der Waals surface area contributed by atoms with E-state index in [-0.39, 0.29) is 17.4 Å². The van der Waals surface area contributed by atoms with Gasteiger partial charge in [-0.15, -0.1) is 0 Å². The fraction of sp³-hybridized carbons (Fsp3) is 0.400. The first-order valence-corrected chi connectivity index (χ1v) is 6.85. The van der Waals surface area contributed by atoms with Gasteiger partial charge < -0.3 is 19.2 Å². The van der Waals surface area contributed by atoms with E-state index in [9.17, 15) is 8.78 Å². The van der Waals surface area contributed by atoms with Crippen molar-refractivity contribution in [2.24, 2.45) is 5.92 Å². The summed E-state index contributed by atoms with van der Waals surface area (Å²) < 4.78 is 40.3. The molecule has 1 heterocycles. The predicted molar refractivity (Wildman–Crippen MR) is 78.5 cm³/mol. The lowest BCUT2D eigenvalue weighted by molar-refractivity contribution is -0.0515. The van der Waals surface area contributed by atoms with E-state index in [0.29, 0.717) is 23.9 Å². The molecule has 0 aliphatic heterocycles. The molecule has 0 saturated heterocycles. The normalized spacial score (nSPS) is 11.0. The Kier molecular flexibility index (Phi) is 5.19. The first-order valence-electron chi connectivity index (χ1n) is 6.85. The molecule has 22 heavy (non-hydrogen) atoms. The Hall–Kier alpha value is -2.31. The first-order chi connectivity index (χ1) is 10.5. The van der Waals surface area contributed by atoms with Crippen molar-refractivity contribution >= 4 is 5.82 Å². The number of ether oxygens (including phenoxy) is 2.